The summed E-state index contributed by atoms with van der Waals surface area (Å²) in [5.41, 5.74) is 6.60. The summed E-state index contributed by atoms with van der Waals surface area (Å²) in [6.45, 7) is 2.62. The third-order valence-electron chi connectivity index (χ3n) is 9.02. The smallest absolute Gasteiger partial charge is 0.257 e. The van der Waals surface area contributed by atoms with Gasteiger partial charge in [0, 0.05) is 65.0 Å². The number of likely N-dealkylation sites (tertiary alicyclic amines) is 1. The largest absolute Gasteiger partial charge is 0.392 e. The molecule has 3 aromatic heterocycles. The molecule has 9 nitrogen and oxygen atoms in total. The van der Waals surface area contributed by atoms with Crippen LogP contribution in [0.25, 0.3) is 33.4 Å². The number of hydrogen-bond donors (Lipinski definition) is 4. The van der Waals surface area contributed by atoms with Crippen molar-refractivity contribution in [1.82, 2.24) is 19.9 Å². The summed E-state index contributed by atoms with van der Waals surface area (Å²) in [6, 6.07) is 20.7. The van der Waals surface area contributed by atoms with Crippen molar-refractivity contribution >= 4 is 28.5 Å². The minimum absolute atomic E-state index is 0.0345. The molecule has 1 aliphatic carbocycles. The number of aromatic amines is 1. The topological polar surface area (TPSA) is 131 Å². The summed E-state index contributed by atoms with van der Waals surface area (Å²) < 4.78 is 0. The number of nitrogens with zero attached hydrogens (tertiary/aromatic N) is 3. The van der Waals surface area contributed by atoms with Crippen LogP contribution in [0.4, 0.5) is 5.69 Å². The first kappa shape index (κ1) is 28.9. The molecule has 228 valence electrons. The van der Waals surface area contributed by atoms with Crippen LogP contribution < -0.4 is 5.32 Å². The molecule has 2 fully saturated rings. The van der Waals surface area contributed by atoms with Crippen LogP contribution in [0.1, 0.15) is 70.5 Å². The van der Waals surface area contributed by atoms with E-state index in [1.807, 2.05) is 61.5 Å². The maximum atomic E-state index is 13.1. The predicted molar refractivity (Wildman–Crippen MR) is 173 cm³/mol. The van der Waals surface area contributed by atoms with Gasteiger partial charge in [-0.15, -0.1) is 0 Å². The number of anilines is 1. The number of pyridine rings is 2. The lowest BCUT2D eigenvalue weighted by atomic mass is 9.93. The van der Waals surface area contributed by atoms with Crippen molar-refractivity contribution in [2.75, 3.05) is 18.4 Å². The maximum Gasteiger partial charge on any atom is 0.257 e. The first-order valence-corrected chi connectivity index (χ1v) is 15.4. The van der Waals surface area contributed by atoms with Crippen LogP contribution in [0.3, 0.4) is 0 Å². The summed E-state index contributed by atoms with van der Waals surface area (Å²) >= 11 is 0. The number of carbonyl (C=O) groups is 2. The van der Waals surface area contributed by atoms with Gasteiger partial charge in [-0.25, -0.2) is 4.98 Å². The highest BCUT2D eigenvalue weighted by atomic mass is 16.3. The van der Waals surface area contributed by atoms with Gasteiger partial charge in [0.25, 0.3) is 11.8 Å². The maximum absolute atomic E-state index is 13.1. The van der Waals surface area contributed by atoms with Crippen LogP contribution in [0, 0.1) is 0 Å². The molecule has 9 heteroatoms. The lowest BCUT2D eigenvalue weighted by Crippen LogP contribution is -2.45. The Morgan fingerprint density at radius 3 is 2.42 bits per heavy atom. The van der Waals surface area contributed by atoms with Crippen LogP contribution in [-0.2, 0) is 6.61 Å². The molecule has 1 saturated heterocycles. The van der Waals surface area contributed by atoms with Crippen LogP contribution >= 0.6 is 0 Å². The third-order valence-corrected chi connectivity index (χ3v) is 9.02. The summed E-state index contributed by atoms with van der Waals surface area (Å²) in [5, 5.41) is 24.5. The number of piperidine rings is 1. The molecule has 0 unspecified atom stereocenters. The number of fused-ring (bicyclic) bond motifs is 1. The molecule has 2 aliphatic rings. The summed E-state index contributed by atoms with van der Waals surface area (Å²) in [7, 11) is 0. The molecule has 0 atom stereocenters. The van der Waals surface area contributed by atoms with Gasteiger partial charge in [-0.3, -0.25) is 14.6 Å². The summed E-state index contributed by atoms with van der Waals surface area (Å²) in [4.78, 5) is 40.3. The molecule has 45 heavy (non-hydrogen) atoms. The highest BCUT2D eigenvalue weighted by Gasteiger charge is 2.30. The fourth-order valence-electron chi connectivity index (χ4n) is 6.07. The van der Waals surface area contributed by atoms with Crippen LogP contribution in [-0.4, -0.2) is 60.6 Å². The number of benzene rings is 2. The summed E-state index contributed by atoms with van der Waals surface area (Å²) in [6.07, 6.45) is 6.76. The van der Waals surface area contributed by atoms with E-state index >= 15 is 0 Å². The van der Waals surface area contributed by atoms with Gasteiger partial charge in [-0.1, -0.05) is 24.3 Å². The SMILES string of the molecule is CC1(O)CCN(C(=O)c2ccc(-c3cc4c(-c5cccc(NC(=O)c6ccc(C7CC7)nc6)c5CO)ccnc4[nH]3)cc2)CC1. The lowest BCUT2D eigenvalue weighted by Gasteiger charge is -2.35. The molecule has 0 spiro atoms. The Morgan fingerprint density at radius 2 is 1.73 bits per heavy atom. The van der Waals surface area contributed by atoms with Crippen LogP contribution in [0.2, 0.25) is 0 Å². The van der Waals surface area contributed by atoms with Crippen molar-refractivity contribution in [1.29, 1.82) is 0 Å². The Bertz CT molecular complexity index is 1880. The van der Waals surface area contributed by atoms with Crippen LogP contribution in [0.5, 0.6) is 0 Å². The Balaban J connectivity index is 1.14. The second-order valence-corrected chi connectivity index (χ2v) is 12.4. The molecular formula is C36H35N5O4. The molecule has 0 bridgehead atoms. The van der Waals surface area contributed by atoms with E-state index in [0.717, 1.165) is 46.3 Å². The van der Waals surface area contributed by atoms with Gasteiger partial charge in [-0.05, 0) is 91.8 Å². The van der Waals surface area contributed by atoms with E-state index in [4.69, 9.17) is 0 Å². The molecule has 1 aliphatic heterocycles. The molecule has 1 saturated carbocycles. The minimum atomic E-state index is -0.712. The number of aliphatic hydroxyl groups is 2. The molecule has 7 rings (SSSR count). The monoisotopic (exact) mass is 601 g/mol. The zero-order valence-corrected chi connectivity index (χ0v) is 25.1. The molecular weight excluding hydrogens is 566 g/mol. The van der Waals surface area contributed by atoms with Gasteiger partial charge in [-0.2, -0.15) is 0 Å². The summed E-state index contributed by atoms with van der Waals surface area (Å²) in [5.74, 6) is 0.196. The van der Waals surface area contributed by atoms with Gasteiger partial charge in [0.2, 0.25) is 0 Å². The zero-order valence-electron chi connectivity index (χ0n) is 25.1. The van der Waals surface area contributed by atoms with Gasteiger partial charge in [0.15, 0.2) is 0 Å². The van der Waals surface area contributed by atoms with Gasteiger partial charge >= 0.3 is 0 Å². The quantitative estimate of drug-likeness (QED) is 0.184. The second kappa shape index (κ2) is 11.6. The normalized spacial score (nSPS) is 16.1. The van der Waals surface area contributed by atoms with Crippen molar-refractivity contribution in [3.63, 3.8) is 0 Å². The number of rotatable bonds is 7. The number of H-pyrrole nitrogens is 1. The van der Waals surface area contributed by atoms with Crippen molar-refractivity contribution < 1.29 is 19.8 Å². The van der Waals surface area contributed by atoms with Crippen molar-refractivity contribution in [3.05, 3.63) is 102 Å². The molecule has 5 aromatic rings. The third kappa shape index (κ3) is 5.84. The number of amides is 2. The molecule has 4 N–H and O–H groups in total. The van der Waals surface area contributed by atoms with E-state index in [9.17, 15) is 19.8 Å². The van der Waals surface area contributed by atoms with Crippen molar-refractivity contribution in [2.45, 2.75) is 50.7 Å². The first-order chi connectivity index (χ1) is 21.8. The Hall–Kier alpha value is -4.86. The average Bonchev–Trinajstić information content (AvgIpc) is 3.82. The minimum Gasteiger partial charge on any atom is -0.392 e. The van der Waals surface area contributed by atoms with Gasteiger partial charge in [0.1, 0.15) is 5.65 Å². The van der Waals surface area contributed by atoms with E-state index < -0.39 is 5.60 Å². The molecule has 4 heterocycles. The molecule has 2 amide bonds. The van der Waals surface area contributed by atoms with E-state index in [0.29, 0.717) is 59.9 Å². The predicted octanol–water partition coefficient (Wildman–Crippen LogP) is 5.90. The second-order valence-electron chi connectivity index (χ2n) is 12.4. The van der Waals surface area contributed by atoms with Crippen molar-refractivity contribution in [2.24, 2.45) is 0 Å². The van der Waals surface area contributed by atoms with Crippen LogP contribution in [0.15, 0.2) is 79.1 Å². The number of carbonyl (C=O) groups excluding carboxylic acids is 2. The zero-order chi connectivity index (χ0) is 31.1. The number of aliphatic hydroxyl groups excluding tert-OH is 1. The van der Waals surface area contributed by atoms with Crippen molar-refractivity contribution in [3.8, 4) is 22.4 Å². The van der Waals surface area contributed by atoms with E-state index in [1.54, 1.807) is 29.4 Å². The van der Waals surface area contributed by atoms with E-state index in [-0.39, 0.29) is 18.4 Å². The average molecular weight is 602 g/mol. The number of nitrogens with one attached hydrogen (secondary N) is 2. The highest BCUT2D eigenvalue weighted by molar-refractivity contribution is 6.05. The van der Waals surface area contributed by atoms with Gasteiger partial charge < -0.3 is 25.4 Å². The Morgan fingerprint density at radius 1 is 0.978 bits per heavy atom. The standard InChI is InChI=1S/C36H35N5O4/c1-36(45)14-17-41(18-15-36)35(44)24-9-7-23(8-10-24)32-19-28-27(13-16-37-33(28)39-32)26-3-2-4-31(29(26)21-42)40-34(43)25-11-12-30(38-20-25)22-5-6-22/h2-4,7-13,16,19-20,22,42,45H,5-6,14-15,17-18,21H2,1H3,(H,37,39)(H,40,43). The van der Waals surface area contributed by atoms with E-state index in [2.05, 4.69) is 20.3 Å². The molecule has 0 radical (unpaired) electrons. The fourth-order valence-corrected chi connectivity index (χ4v) is 6.07. The number of aromatic nitrogens is 3. The van der Waals surface area contributed by atoms with E-state index in [1.165, 1.54) is 0 Å². The Labute approximate surface area is 261 Å². The van der Waals surface area contributed by atoms with Gasteiger partial charge in [0.05, 0.1) is 17.8 Å². The first-order valence-electron chi connectivity index (χ1n) is 15.4. The highest BCUT2D eigenvalue weighted by Crippen LogP contribution is 2.39. The Kier molecular flexibility index (Phi) is 7.43. The number of hydrogen-bond acceptors (Lipinski definition) is 6. The molecule has 2 aromatic carbocycles. The fraction of sp³-hybridized carbons (Fsp3) is 0.278. The lowest BCUT2D eigenvalue weighted by molar-refractivity contribution is -0.00203.